The van der Waals surface area contributed by atoms with Gasteiger partial charge in [-0.25, -0.2) is 0 Å². The van der Waals surface area contributed by atoms with Crippen molar-refractivity contribution in [3.05, 3.63) is 62.9 Å². The van der Waals surface area contributed by atoms with Crippen LogP contribution in [0.2, 0.25) is 10.0 Å². The second-order valence-corrected chi connectivity index (χ2v) is 7.02. The standard InChI is InChI=1S/C19H19Cl2N5/c1-10-7-11(2)17(12(3)8-10)25-19-23-13(4)22-18(26-19)24-16-6-5-14(20)9-15(16)21/h5-9H,1-4H3,(H2,22,23,24,25,26). The Kier molecular flexibility index (Phi) is 5.30. The van der Waals surface area contributed by atoms with Gasteiger partial charge in [-0.1, -0.05) is 40.9 Å². The van der Waals surface area contributed by atoms with Gasteiger partial charge in [-0.2, -0.15) is 15.0 Å². The van der Waals surface area contributed by atoms with E-state index in [2.05, 4.69) is 58.5 Å². The number of hydrogen-bond acceptors (Lipinski definition) is 5. The molecule has 0 fully saturated rings. The largest absolute Gasteiger partial charge is 0.324 e. The Hall–Kier alpha value is -2.37. The quantitative estimate of drug-likeness (QED) is 0.583. The highest BCUT2D eigenvalue weighted by Gasteiger charge is 2.10. The van der Waals surface area contributed by atoms with Crippen LogP contribution in [-0.2, 0) is 0 Å². The molecule has 0 atom stereocenters. The van der Waals surface area contributed by atoms with E-state index >= 15 is 0 Å². The summed E-state index contributed by atoms with van der Waals surface area (Å²) in [5, 5.41) is 7.48. The highest BCUT2D eigenvalue weighted by atomic mass is 35.5. The lowest BCUT2D eigenvalue weighted by Crippen LogP contribution is -2.07. The first kappa shape index (κ1) is 18.4. The van der Waals surface area contributed by atoms with Gasteiger partial charge in [-0.05, 0) is 57.0 Å². The molecule has 0 amide bonds. The van der Waals surface area contributed by atoms with Crippen molar-refractivity contribution in [1.82, 2.24) is 15.0 Å². The molecule has 0 bridgehead atoms. The molecule has 7 heteroatoms. The number of halogens is 2. The van der Waals surface area contributed by atoms with Crippen molar-refractivity contribution in [3.63, 3.8) is 0 Å². The number of nitrogens with one attached hydrogen (secondary N) is 2. The third-order valence-corrected chi connectivity index (χ3v) is 4.39. The van der Waals surface area contributed by atoms with Crippen LogP contribution in [0.25, 0.3) is 0 Å². The molecule has 134 valence electrons. The fourth-order valence-corrected chi connectivity index (χ4v) is 3.25. The van der Waals surface area contributed by atoms with E-state index in [1.807, 2.05) is 6.92 Å². The highest BCUT2D eigenvalue weighted by Crippen LogP contribution is 2.28. The zero-order valence-corrected chi connectivity index (χ0v) is 16.5. The van der Waals surface area contributed by atoms with Gasteiger partial charge in [0.25, 0.3) is 0 Å². The minimum Gasteiger partial charge on any atom is -0.324 e. The second kappa shape index (κ2) is 7.48. The lowest BCUT2D eigenvalue weighted by molar-refractivity contribution is 0.988. The number of aryl methyl sites for hydroxylation is 4. The molecule has 0 spiro atoms. The van der Waals surface area contributed by atoms with Crippen LogP contribution >= 0.6 is 23.2 Å². The van der Waals surface area contributed by atoms with E-state index in [1.165, 1.54) is 5.56 Å². The number of benzene rings is 2. The lowest BCUT2D eigenvalue weighted by atomic mass is 10.1. The number of hydrogen-bond donors (Lipinski definition) is 2. The van der Waals surface area contributed by atoms with E-state index in [4.69, 9.17) is 23.2 Å². The maximum absolute atomic E-state index is 6.21. The predicted molar refractivity (Wildman–Crippen MR) is 108 cm³/mol. The Labute approximate surface area is 162 Å². The summed E-state index contributed by atoms with van der Waals surface area (Å²) in [7, 11) is 0. The summed E-state index contributed by atoms with van der Waals surface area (Å²) < 4.78 is 0. The Morgan fingerprint density at radius 1 is 0.769 bits per heavy atom. The zero-order valence-electron chi connectivity index (χ0n) is 15.0. The number of aromatic nitrogens is 3. The molecule has 0 saturated heterocycles. The predicted octanol–water partition coefficient (Wildman–Crippen LogP) is 5.90. The molecule has 26 heavy (non-hydrogen) atoms. The van der Waals surface area contributed by atoms with E-state index in [-0.39, 0.29) is 0 Å². The lowest BCUT2D eigenvalue weighted by Gasteiger charge is -2.14. The van der Waals surface area contributed by atoms with E-state index in [0.717, 1.165) is 16.8 Å². The molecule has 0 unspecified atom stereocenters. The Morgan fingerprint density at radius 2 is 1.38 bits per heavy atom. The fourth-order valence-electron chi connectivity index (χ4n) is 2.79. The molecule has 0 aliphatic carbocycles. The summed E-state index contributed by atoms with van der Waals surface area (Å²) in [6.07, 6.45) is 0. The van der Waals surface area contributed by atoms with Crippen LogP contribution in [0.4, 0.5) is 23.3 Å². The minimum atomic E-state index is 0.409. The molecule has 0 saturated carbocycles. The summed E-state index contributed by atoms with van der Waals surface area (Å²) in [5.41, 5.74) is 5.16. The average molecular weight is 388 g/mol. The van der Waals surface area contributed by atoms with Crippen molar-refractivity contribution < 1.29 is 0 Å². The first-order chi connectivity index (χ1) is 12.3. The van der Waals surface area contributed by atoms with Crippen molar-refractivity contribution in [2.75, 3.05) is 10.6 Å². The Balaban J connectivity index is 1.91. The fraction of sp³-hybridized carbons (Fsp3) is 0.211. The van der Waals surface area contributed by atoms with Crippen LogP contribution in [0.3, 0.4) is 0 Å². The molecule has 5 nitrogen and oxygen atoms in total. The van der Waals surface area contributed by atoms with Crippen LogP contribution in [0.15, 0.2) is 30.3 Å². The smallest absolute Gasteiger partial charge is 0.232 e. The van der Waals surface area contributed by atoms with Gasteiger partial charge in [-0.3, -0.25) is 0 Å². The van der Waals surface area contributed by atoms with Crippen LogP contribution in [0.5, 0.6) is 0 Å². The molecule has 0 aliphatic heterocycles. The Morgan fingerprint density at radius 3 is 2.00 bits per heavy atom. The first-order valence-corrected chi connectivity index (χ1v) is 8.87. The van der Waals surface area contributed by atoms with Crippen molar-refractivity contribution >= 4 is 46.5 Å². The van der Waals surface area contributed by atoms with Crippen molar-refractivity contribution in [3.8, 4) is 0 Å². The summed E-state index contributed by atoms with van der Waals surface area (Å²) in [4.78, 5) is 13.2. The van der Waals surface area contributed by atoms with E-state index in [0.29, 0.717) is 33.5 Å². The van der Waals surface area contributed by atoms with Gasteiger partial charge in [0, 0.05) is 10.7 Å². The SMILES string of the molecule is Cc1cc(C)c(Nc2nc(C)nc(Nc3ccc(Cl)cc3Cl)n2)c(C)c1. The van der Waals surface area contributed by atoms with Crippen molar-refractivity contribution in [2.24, 2.45) is 0 Å². The van der Waals surface area contributed by atoms with Crippen molar-refractivity contribution in [1.29, 1.82) is 0 Å². The molecule has 2 aromatic carbocycles. The van der Waals surface area contributed by atoms with Gasteiger partial charge < -0.3 is 10.6 Å². The summed E-state index contributed by atoms with van der Waals surface area (Å²) >= 11 is 12.1. The third kappa shape index (κ3) is 4.23. The molecule has 0 aliphatic rings. The minimum absolute atomic E-state index is 0.409. The molecular weight excluding hydrogens is 369 g/mol. The van der Waals surface area contributed by atoms with Gasteiger partial charge in [0.2, 0.25) is 11.9 Å². The Bertz CT molecular complexity index is 949. The van der Waals surface area contributed by atoms with Crippen LogP contribution < -0.4 is 10.6 Å². The zero-order chi connectivity index (χ0) is 18.8. The second-order valence-electron chi connectivity index (χ2n) is 6.18. The number of nitrogens with zero attached hydrogens (tertiary/aromatic N) is 3. The van der Waals surface area contributed by atoms with E-state index < -0.39 is 0 Å². The summed E-state index contributed by atoms with van der Waals surface area (Å²) in [5.74, 6) is 1.48. The topological polar surface area (TPSA) is 62.7 Å². The maximum atomic E-state index is 6.21. The normalized spacial score (nSPS) is 10.7. The molecular formula is C19H19Cl2N5. The van der Waals surface area contributed by atoms with E-state index in [1.54, 1.807) is 18.2 Å². The average Bonchev–Trinajstić information content (AvgIpc) is 2.53. The van der Waals surface area contributed by atoms with Gasteiger partial charge in [-0.15, -0.1) is 0 Å². The summed E-state index contributed by atoms with van der Waals surface area (Å²) in [6, 6.07) is 9.44. The van der Waals surface area contributed by atoms with Gasteiger partial charge >= 0.3 is 0 Å². The molecule has 1 aromatic heterocycles. The monoisotopic (exact) mass is 387 g/mol. The highest BCUT2D eigenvalue weighted by molar-refractivity contribution is 6.36. The molecule has 3 aromatic rings. The van der Waals surface area contributed by atoms with Crippen molar-refractivity contribution in [2.45, 2.75) is 27.7 Å². The maximum Gasteiger partial charge on any atom is 0.232 e. The molecule has 2 N–H and O–H groups in total. The first-order valence-electron chi connectivity index (χ1n) is 8.11. The summed E-state index contributed by atoms with van der Waals surface area (Å²) in [6.45, 7) is 8.01. The molecule has 0 radical (unpaired) electrons. The number of anilines is 4. The van der Waals surface area contributed by atoms with Crippen LogP contribution in [-0.4, -0.2) is 15.0 Å². The molecule has 1 heterocycles. The third-order valence-electron chi connectivity index (χ3n) is 3.84. The van der Waals surface area contributed by atoms with E-state index in [9.17, 15) is 0 Å². The number of rotatable bonds is 4. The van der Waals surface area contributed by atoms with Crippen LogP contribution in [0.1, 0.15) is 22.5 Å². The van der Waals surface area contributed by atoms with Crippen LogP contribution in [0, 0.1) is 27.7 Å². The molecule has 3 rings (SSSR count). The van der Waals surface area contributed by atoms with Gasteiger partial charge in [0.05, 0.1) is 10.7 Å². The van der Waals surface area contributed by atoms with Gasteiger partial charge in [0.1, 0.15) is 5.82 Å². The van der Waals surface area contributed by atoms with Gasteiger partial charge in [0.15, 0.2) is 0 Å².